The molecule has 1 rings (SSSR count). The second-order valence-corrected chi connectivity index (χ2v) is 5.90. The third-order valence-electron chi connectivity index (χ3n) is 2.75. The maximum atomic E-state index is 11.3. The van der Waals surface area contributed by atoms with E-state index in [0.717, 1.165) is 19.3 Å². The smallest absolute Gasteiger partial charge is 0.211 e. The van der Waals surface area contributed by atoms with Crippen LogP contribution in [0.25, 0.3) is 0 Å². The average molecular weight is 206 g/mol. The van der Waals surface area contributed by atoms with E-state index < -0.39 is 10.0 Å². The van der Waals surface area contributed by atoms with Gasteiger partial charge in [0.25, 0.3) is 0 Å². The Morgan fingerprint density at radius 1 is 1.54 bits per heavy atom. The lowest BCUT2D eigenvalue weighted by Crippen LogP contribution is -2.55. The molecule has 0 saturated carbocycles. The highest BCUT2D eigenvalue weighted by molar-refractivity contribution is 7.88. The highest BCUT2D eigenvalue weighted by Gasteiger charge is 2.33. The first-order chi connectivity index (χ1) is 5.87. The molecule has 0 aromatic rings. The summed E-state index contributed by atoms with van der Waals surface area (Å²) in [5, 5.41) is 0. The van der Waals surface area contributed by atoms with Gasteiger partial charge in [-0.25, -0.2) is 12.7 Å². The number of sulfonamides is 1. The maximum absolute atomic E-state index is 11.3. The van der Waals surface area contributed by atoms with Crippen LogP contribution in [0.15, 0.2) is 0 Å². The lowest BCUT2D eigenvalue weighted by Gasteiger charge is -2.38. The van der Waals surface area contributed by atoms with Crippen molar-refractivity contribution in [3.05, 3.63) is 0 Å². The monoisotopic (exact) mass is 206 g/mol. The maximum Gasteiger partial charge on any atom is 0.211 e. The summed E-state index contributed by atoms with van der Waals surface area (Å²) in [6.45, 7) is 3.10. The van der Waals surface area contributed by atoms with Crippen LogP contribution in [-0.2, 0) is 10.0 Å². The van der Waals surface area contributed by atoms with Crippen molar-refractivity contribution in [1.29, 1.82) is 0 Å². The van der Waals surface area contributed by atoms with Crippen LogP contribution in [0, 0.1) is 0 Å². The Morgan fingerprint density at radius 3 is 2.62 bits per heavy atom. The van der Waals surface area contributed by atoms with Gasteiger partial charge in [-0.15, -0.1) is 0 Å². The molecule has 5 heteroatoms. The fourth-order valence-corrected chi connectivity index (χ4v) is 2.64. The van der Waals surface area contributed by atoms with Crippen LogP contribution >= 0.6 is 0 Å². The van der Waals surface area contributed by atoms with Crippen molar-refractivity contribution in [3.63, 3.8) is 0 Å². The summed E-state index contributed by atoms with van der Waals surface area (Å²) in [6, 6.07) is 0. The first kappa shape index (κ1) is 10.9. The Labute approximate surface area is 80.1 Å². The molecule has 1 saturated heterocycles. The van der Waals surface area contributed by atoms with Crippen molar-refractivity contribution in [2.24, 2.45) is 5.73 Å². The van der Waals surface area contributed by atoms with Crippen molar-refractivity contribution < 1.29 is 8.42 Å². The van der Waals surface area contributed by atoms with Crippen LogP contribution in [0.2, 0.25) is 0 Å². The zero-order valence-corrected chi connectivity index (χ0v) is 9.10. The van der Waals surface area contributed by atoms with Gasteiger partial charge >= 0.3 is 0 Å². The van der Waals surface area contributed by atoms with E-state index in [4.69, 9.17) is 5.73 Å². The molecule has 0 spiro atoms. The highest BCUT2D eigenvalue weighted by Crippen LogP contribution is 2.23. The molecule has 0 aromatic heterocycles. The minimum atomic E-state index is -3.05. The minimum Gasteiger partial charge on any atom is -0.324 e. The van der Waals surface area contributed by atoms with Crippen LogP contribution in [0.4, 0.5) is 0 Å². The van der Waals surface area contributed by atoms with E-state index in [-0.39, 0.29) is 5.54 Å². The zero-order chi connectivity index (χ0) is 10.1. The third-order valence-corrected chi connectivity index (χ3v) is 4.00. The average Bonchev–Trinajstić information content (AvgIpc) is 2.03. The van der Waals surface area contributed by atoms with Crippen molar-refractivity contribution >= 4 is 10.0 Å². The molecule has 78 valence electrons. The summed E-state index contributed by atoms with van der Waals surface area (Å²) in [5.41, 5.74) is 5.74. The van der Waals surface area contributed by atoms with Gasteiger partial charge < -0.3 is 5.73 Å². The third kappa shape index (κ3) is 2.65. The fourth-order valence-electron chi connectivity index (χ4n) is 1.69. The lowest BCUT2D eigenvalue weighted by molar-refractivity contribution is 0.223. The van der Waals surface area contributed by atoms with Crippen LogP contribution in [-0.4, -0.2) is 37.6 Å². The number of piperidine rings is 1. The van der Waals surface area contributed by atoms with Crippen molar-refractivity contribution in [1.82, 2.24) is 4.31 Å². The number of hydrogen-bond donors (Lipinski definition) is 1. The van der Waals surface area contributed by atoms with E-state index in [2.05, 4.69) is 0 Å². The molecule has 1 atom stereocenters. The molecule has 1 aliphatic heterocycles. The summed E-state index contributed by atoms with van der Waals surface area (Å²) in [5.74, 6) is 0. The largest absolute Gasteiger partial charge is 0.324 e. The molecule has 0 amide bonds. The van der Waals surface area contributed by atoms with Gasteiger partial charge in [0, 0.05) is 18.6 Å². The van der Waals surface area contributed by atoms with Crippen LogP contribution < -0.4 is 5.73 Å². The second-order valence-electron chi connectivity index (χ2n) is 3.92. The van der Waals surface area contributed by atoms with Crippen molar-refractivity contribution in [3.8, 4) is 0 Å². The fraction of sp³-hybridized carbons (Fsp3) is 1.00. The number of nitrogens with zero attached hydrogens (tertiary/aromatic N) is 1. The molecule has 4 nitrogen and oxygen atoms in total. The molecule has 0 bridgehead atoms. The molecule has 2 N–H and O–H groups in total. The molecular weight excluding hydrogens is 188 g/mol. The zero-order valence-electron chi connectivity index (χ0n) is 8.28. The summed E-state index contributed by atoms with van der Waals surface area (Å²) < 4.78 is 24.0. The SMILES string of the molecule is CCC1(N)CCCN(S(C)(=O)=O)C1. The van der Waals surface area contributed by atoms with E-state index in [1.54, 1.807) is 0 Å². The summed E-state index contributed by atoms with van der Waals surface area (Å²) in [6.07, 6.45) is 3.88. The van der Waals surface area contributed by atoms with Crippen molar-refractivity contribution in [2.45, 2.75) is 31.7 Å². The van der Waals surface area contributed by atoms with Crippen molar-refractivity contribution in [2.75, 3.05) is 19.3 Å². The number of hydrogen-bond acceptors (Lipinski definition) is 3. The van der Waals surface area contributed by atoms with E-state index in [1.165, 1.54) is 10.6 Å². The Morgan fingerprint density at radius 2 is 2.15 bits per heavy atom. The normalized spacial score (nSPS) is 31.9. The van der Waals surface area contributed by atoms with E-state index >= 15 is 0 Å². The standard InChI is InChI=1S/C8H18N2O2S/c1-3-8(9)5-4-6-10(7-8)13(2,11)12/h3-7,9H2,1-2H3. The van der Waals surface area contributed by atoms with E-state index in [1.807, 2.05) is 6.92 Å². The van der Waals surface area contributed by atoms with E-state index in [9.17, 15) is 8.42 Å². The molecule has 1 heterocycles. The van der Waals surface area contributed by atoms with Gasteiger partial charge in [-0.3, -0.25) is 0 Å². The predicted molar refractivity (Wildman–Crippen MR) is 52.9 cm³/mol. The molecule has 0 aromatic carbocycles. The van der Waals surface area contributed by atoms with Gasteiger partial charge in [0.05, 0.1) is 6.26 Å². The molecule has 0 radical (unpaired) electrons. The molecule has 0 aliphatic carbocycles. The molecule has 1 aliphatic rings. The predicted octanol–water partition coefficient (Wildman–Crippen LogP) is 0.149. The molecule has 1 unspecified atom stereocenters. The van der Waals surface area contributed by atoms with Gasteiger partial charge in [-0.2, -0.15) is 0 Å². The van der Waals surface area contributed by atoms with Gasteiger partial charge in [-0.1, -0.05) is 6.92 Å². The summed E-state index contributed by atoms with van der Waals surface area (Å²) in [4.78, 5) is 0. The quantitative estimate of drug-likeness (QED) is 0.699. The molecule has 1 fully saturated rings. The first-order valence-electron chi connectivity index (χ1n) is 4.61. The minimum absolute atomic E-state index is 0.304. The molecule has 13 heavy (non-hydrogen) atoms. The molecular formula is C8H18N2O2S. The van der Waals surface area contributed by atoms with Crippen LogP contribution in [0.1, 0.15) is 26.2 Å². The van der Waals surface area contributed by atoms with Gasteiger partial charge in [0.2, 0.25) is 10.0 Å². The lowest BCUT2D eigenvalue weighted by atomic mass is 9.89. The Hall–Kier alpha value is -0.130. The second kappa shape index (κ2) is 3.55. The van der Waals surface area contributed by atoms with Crippen LogP contribution in [0.5, 0.6) is 0 Å². The highest BCUT2D eigenvalue weighted by atomic mass is 32.2. The summed E-state index contributed by atoms with van der Waals surface area (Å²) in [7, 11) is -3.05. The Kier molecular flexibility index (Phi) is 2.99. The van der Waals surface area contributed by atoms with Crippen LogP contribution in [0.3, 0.4) is 0 Å². The van der Waals surface area contributed by atoms with E-state index in [0.29, 0.717) is 13.1 Å². The number of rotatable bonds is 2. The van der Waals surface area contributed by atoms with Gasteiger partial charge in [0.15, 0.2) is 0 Å². The Bertz CT molecular complexity index is 276. The van der Waals surface area contributed by atoms with Gasteiger partial charge in [0.1, 0.15) is 0 Å². The Balaban J connectivity index is 2.73. The summed E-state index contributed by atoms with van der Waals surface area (Å²) >= 11 is 0. The van der Waals surface area contributed by atoms with Gasteiger partial charge in [-0.05, 0) is 19.3 Å². The topological polar surface area (TPSA) is 63.4 Å². The number of nitrogens with two attached hydrogens (primary N) is 1. The first-order valence-corrected chi connectivity index (χ1v) is 6.46.